The van der Waals surface area contributed by atoms with E-state index in [2.05, 4.69) is 11.6 Å². The van der Waals surface area contributed by atoms with Gasteiger partial charge in [0.15, 0.2) is 0 Å². The van der Waals surface area contributed by atoms with Crippen LogP contribution in [0.25, 0.3) is 0 Å². The normalized spacial score (nSPS) is 11.2. The number of aromatic carboxylic acids is 1. The van der Waals surface area contributed by atoms with E-state index in [1.165, 1.54) is 6.07 Å². The number of carboxylic acids is 2. The van der Waals surface area contributed by atoms with Gasteiger partial charge >= 0.3 is 18.1 Å². The summed E-state index contributed by atoms with van der Waals surface area (Å²) in [6.07, 6.45) is -2.32. The molecule has 3 N–H and O–H groups in total. The maximum atomic E-state index is 12.6. The zero-order chi connectivity index (χ0) is 26.1. The summed E-state index contributed by atoms with van der Waals surface area (Å²) >= 11 is 0. The van der Waals surface area contributed by atoms with Crippen LogP contribution >= 0.6 is 0 Å². The molecule has 0 heterocycles. The zero-order valence-electron chi connectivity index (χ0n) is 18.9. The van der Waals surface area contributed by atoms with Crippen LogP contribution in [-0.4, -0.2) is 50.3 Å². The summed E-state index contributed by atoms with van der Waals surface area (Å²) < 4.78 is 59.4. The highest BCUT2D eigenvalue weighted by molar-refractivity contribution is 7.92. The van der Waals surface area contributed by atoms with Gasteiger partial charge in [0.2, 0.25) is 0 Å². The first-order chi connectivity index (χ1) is 15.7. The van der Waals surface area contributed by atoms with Crippen molar-refractivity contribution in [2.45, 2.75) is 44.2 Å². The average Bonchev–Trinajstić information content (AvgIpc) is 2.76. The van der Waals surface area contributed by atoms with Crippen LogP contribution in [0.15, 0.2) is 47.4 Å². The van der Waals surface area contributed by atoms with E-state index in [0.717, 1.165) is 31.4 Å². The van der Waals surface area contributed by atoms with E-state index in [1.54, 1.807) is 36.4 Å². The number of alkyl halides is 3. The average molecular weight is 505 g/mol. The van der Waals surface area contributed by atoms with Crippen molar-refractivity contribution in [1.82, 2.24) is 0 Å². The standard InChI is InChI=1S/C20H26N2O4S.C2HF3O2/c1-4-6-13-22(3)19-12-9-16(14-18(19)20(23)24)21-27(25,26)17-10-7-15(5-2)8-11-17;3-2(4,5)1(6)7/h7-12,14,21H,4-6,13H2,1-3H3,(H,23,24);(H,6,7). The smallest absolute Gasteiger partial charge is 0.478 e. The van der Waals surface area contributed by atoms with Crippen LogP contribution in [0, 0.1) is 0 Å². The lowest BCUT2D eigenvalue weighted by Gasteiger charge is -2.21. The van der Waals surface area contributed by atoms with Crippen LogP contribution in [0.1, 0.15) is 42.6 Å². The number of unbranched alkanes of at least 4 members (excludes halogenated alkanes) is 1. The molecule has 0 spiro atoms. The lowest BCUT2D eigenvalue weighted by atomic mass is 10.1. The van der Waals surface area contributed by atoms with Crippen LogP contribution in [0.2, 0.25) is 0 Å². The number of nitrogens with one attached hydrogen (secondary N) is 1. The number of rotatable bonds is 9. The van der Waals surface area contributed by atoms with E-state index < -0.39 is 28.1 Å². The van der Waals surface area contributed by atoms with Crippen LogP contribution in [0.3, 0.4) is 0 Å². The number of nitrogens with zero attached hydrogens (tertiary/aromatic N) is 1. The Labute approximate surface area is 196 Å². The second-order valence-corrected chi connectivity index (χ2v) is 8.90. The summed E-state index contributed by atoms with van der Waals surface area (Å²) in [6, 6.07) is 11.2. The van der Waals surface area contributed by atoms with E-state index in [0.29, 0.717) is 5.69 Å². The van der Waals surface area contributed by atoms with E-state index in [-0.39, 0.29) is 16.1 Å². The molecular formula is C22H27F3N2O6S. The maximum Gasteiger partial charge on any atom is 0.490 e. The minimum absolute atomic E-state index is 0.0649. The van der Waals surface area contributed by atoms with Gasteiger partial charge in [-0.2, -0.15) is 13.2 Å². The Kier molecular flexibility index (Phi) is 10.4. The quantitative estimate of drug-likeness (QED) is 0.455. The summed E-state index contributed by atoms with van der Waals surface area (Å²) in [4.78, 5) is 22.6. The molecule has 0 aromatic heterocycles. The SMILES string of the molecule is CCCCN(C)c1ccc(NS(=O)(=O)c2ccc(CC)cc2)cc1C(=O)O.O=C(O)C(F)(F)F. The molecule has 0 aliphatic rings. The summed E-state index contributed by atoms with van der Waals surface area (Å²) in [5.41, 5.74) is 1.89. The maximum absolute atomic E-state index is 12.6. The number of carbonyl (C=O) groups is 2. The molecule has 188 valence electrons. The molecule has 2 aromatic rings. The van der Waals surface area contributed by atoms with E-state index in [4.69, 9.17) is 9.90 Å². The van der Waals surface area contributed by atoms with Gasteiger partial charge in [-0.15, -0.1) is 0 Å². The van der Waals surface area contributed by atoms with Crippen molar-refractivity contribution in [1.29, 1.82) is 0 Å². The second-order valence-electron chi connectivity index (χ2n) is 7.22. The molecule has 12 heteroatoms. The van der Waals surface area contributed by atoms with Gasteiger partial charge in [-0.3, -0.25) is 4.72 Å². The molecule has 0 bridgehead atoms. The first-order valence-electron chi connectivity index (χ1n) is 10.2. The summed E-state index contributed by atoms with van der Waals surface area (Å²) in [5.74, 6) is -3.85. The molecule has 0 fully saturated rings. The Balaban J connectivity index is 0.000000718. The highest BCUT2D eigenvalue weighted by Crippen LogP contribution is 2.26. The summed E-state index contributed by atoms with van der Waals surface area (Å²) in [6.45, 7) is 4.79. The lowest BCUT2D eigenvalue weighted by molar-refractivity contribution is -0.192. The number of aryl methyl sites for hydroxylation is 1. The predicted molar refractivity (Wildman–Crippen MR) is 122 cm³/mol. The summed E-state index contributed by atoms with van der Waals surface area (Å²) in [5, 5.41) is 16.7. The van der Waals surface area contributed by atoms with Crippen molar-refractivity contribution in [3.8, 4) is 0 Å². The molecule has 0 aliphatic heterocycles. The highest BCUT2D eigenvalue weighted by atomic mass is 32.2. The molecule has 0 amide bonds. The summed E-state index contributed by atoms with van der Waals surface area (Å²) in [7, 11) is -1.95. The Morgan fingerprint density at radius 3 is 2.03 bits per heavy atom. The third kappa shape index (κ3) is 8.58. The fourth-order valence-corrected chi connectivity index (χ4v) is 3.79. The van der Waals surface area contributed by atoms with Crippen LogP contribution < -0.4 is 9.62 Å². The minimum Gasteiger partial charge on any atom is -0.478 e. The van der Waals surface area contributed by atoms with Gasteiger partial charge in [-0.1, -0.05) is 32.4 Å². The van der Waals surface area contributed by atoms with Crippen molar-refractivity contribution < 1.29 is 41.4 Å². The van der Waals surface area contributed by atoms with Gasteiger partial charge in [-0.05, 0) is 48.7 Å². The van der Waals surface area contributed by atoms with Crippen LogP contribution in [0.5, 0.6) is 0 Å². The third-order valence-electron chi connectivity index (χ3n) is 4.62. The number of benzene rings is 2. The number of sulfonamides is 1. The number of hydrogen-bond acceptors (Lipinski definition) is 5. The largest absolute Gasteiger partial charge is 0.490 e. The van der Waals surface area contributed by atoms with Crippen LogP contribution in [0.4, 0.5) is 24.5 Å². The van der Waals surface area contributed by atoms with Crippen molar-refractivity contribution in [3.05, 3.63) is 53.6 Å². The highest BCUT2D eigenvalue weighted by Gasteiger charge is 2.38. The van der Waals surface area contributed by atoms with Gasteiger partial charge in [0.05, 0.1) is 16.1 Å². The van der Waals surface area contributed by atoms with Gasteiger partial charge in [0, 0.05) is 19.3 Å². The number of carboxylic acid groups (broad SMARTS) is 2. The minimum atomic E-state index is -5.08. The molecule has 2 rings (SSSR count). The zero-order valence-corrected chi connectivity index (χ0v) is 19.7. The number of halogens is 3. The Hall–Kier alpha value is -3.28. The molecular weight excluding hydrogens is 477 g/mol. The fourth-order valence-electron chi connectivity index (χ4n) is 2.74. The van der Waals surface area contributed by atoms with Gasteiger partial charge in [0.25, 0.3) is 10.0 Å². The molecule has 0 radical (unpaired) electrons. The topological polar surface area (TPSA) is 124 Å². The fraction of sp³-hybridized carbons (Fsp3) is 0.364. The molecule has 2 aromatic carbocycles. The number of anilines is 2. The van der Waals surface area contributed by atoms with Crippen molar-refractivity contribution in [2.75, 3.05) is 23.2 Å². The first-order valence-corrected chi connectivity index (χ1v) is 11.7. The number of hydrogen-bond donors (Lipinski definition) is 3. The third-order valence-corrected chi connectivity index (χ3v) is 6.02. The molecule has 0 saturated heterocycles. The van der Waals surface area contributed by atoms with Gasteiger partial charge < -0.3 is 15.1 Å². The van der Waals surface area contributed by atoms with Crippen molar-refractivity contribution in [2.24, 2.45) is 0 Å². The Morgan fingerprint density at radius 2 is 1.59 bits per heavy atom. The van der Waals surface area contributed by atoms with Gasteiger partial charge in [-0.25, -0.2) is 18.0 Å². The van der Waals surface area contributed by atoms with E-state index in [9.17, 15) is 31.5 Å². The number of aliphatic carboxylic acids is 1. The Bertz CT molecular complexity index is 1090. The molecule has 0 unspecified atom stereocenters. The molecule has 0 aliphatic carbocycles. The van der Waals surface area contributed by atoms with Gasteiger partial charge in [0.1, 0.15) is 0 Å². The first kappa shape index (κ1) is 28.8. The monoisotopic (exact) mass is 504 g/mol. The lowest BCUT2D eigenvalue weighted by Crippen LogP contribution is -2.21. The van der Waals surface area contributed by atoms with E-state index >= 15 is 0 Å². The molecule has 34 heavy (non-hydrogen) atoms. The van der Waals surface area contributed by atoms with Crippen molar-refractivity contribution in [3.63, 3.8) is 0 Å². The predicted octanol–water partition coefficient (Wildman–Crippen LogP) is 4.62. The molecule has 0 atom stereocenters. The second kappa shape index (κ2) is 12.3. The van der Waals surface area contributed by atoms with Crippen LogP contribution in [-0.2, 0) is 21.2 Å². The van der Waals surface area contributed by atoms with Crippen molar-refractivity contribution >= 4 is 33.3 Å². The van der Waals surface area contributed by atoms with E-state index in [1.807, 2.05) is 18.9 Å². The molecule has 0 saturated carbocycles. The Morgan fingerprint density at radius 1 is 1.03 bits per heavy atom. The molecule has 8 nitrogen and oxygen atoms in total.